The van der Waals surface area contributed by atoms with Gasteiger partial charge in [0, 0.05) is 13.1 Å². The Kier molecular flexibility index (Phi) is 4.14. The highest BCUT2D eigenvalue weighted by atomic mass is 32.1. The van der Waals surface area contributed by atoms with Crippen LogP contribution in [0.4, 0.5) is 13.2 Å². The van der Waals surface area contributed by atoms with Crippen LogP contribution in [0.2, 0.25) is 0 Å². The van der Waals surface area contributed by atoms with Gasteiger partial charge in [0.15, 0.2) is 5.69 Å². The van der Waals surface area contributed by atoms with Crippen molar-refractivity contribution in [3.8, 4) is 10.6 Å². The van der Waals surface area contributed by atoms with E-state index in [1.807, 2.05) is 0 Å². The van der Waals surface area contributed by atoms with Crippen LogP contribution in [-0.4, -0.2) is 43.5 Å². The van der Waals surface area contributed by atoms with Gasteiger partial charge >= 0.3 is 6.18 Å². The Balaban J connectivity index is 1.82. The molecule has 1 saturated heterocycles. The SMILES string of the molecule is O=C(c1nc2nc(-c3cccs3)cc(C(F)(F)F)n2n1)N1CCCCC1. The lowest BCUT2D eigenvalue weighted by molar-refractivity contribution is -0.142. The van der Waals surface area contributed by atoms with Crippen molar-refractivity contribution >= 4 is 23.0 Å². The summed E-state index contributed by atoms with van der Waals surface area (Å²) in [6.45, 7) is 1.13. The minimum atomic E-state index is -4.65. The van der Waals surface area contributed by atoms with Crippen molar-refractivity contribution in [2.24, 2.45) is 0 Å². The van der Waals surface area contributed by atoms with E-state index < -0.39 is 17.8 Å². The van der Waals surface area contributed by atoms with Crippen LogP contribution in [0.15, 0.2) is 23.6 Å². The van der Waals surface area contributed by atoms with Gasteiger partial charge in [-0.3, -0.25) is 4.79 Å². The fourth-order valence-electron chi connectivity index (χ4n) is 2.95. The number of hydrogen-bond donors (Lipinski definition) is 0. The maximum atomic E-state index is 13.5. The van der Waals surface area contributed by atoms with Gasteiger partial charge in [0.05, 0.1) is 10.6 Å². The standard InChI is InChI=1S/C16H14F3N5OS/c17-16(18,19)12-9-10(11-5-4-8-26-11)20-15-21-13(22-24(12)15)14(25)23-6-2-1-3-7-23/h4-5,8-9H,1-3,6-7H2. The van der Waals surface area contributed by atoms with Gasteiger partial charge in [0.25, 0.3) is 11.7 Å². The molecule has 4 heterocycles. The molecule has 1 aliphatic heterocycles. The van der Waals surface area contributed by atoms with E-state index in [1.54, 1.807) is 22.4 Å². The summed E-state index contributed by atoms with van der Waals surface area (Å²) in [5.41, 5.74) is -0.847. The highest BCUT2D eigenvalue weighted by Gasteiger charge is 2.36. The second kappa shape index (κ2) is 6.35. The third kappa shape index (κ3) is 3.05. The third-order valence-electron chi connectivity index (χ3n) is 4.21. The average Bonchev–Trinajstić information content (AvgIpc) is 3.29. The molecule has 1 amide bonds. The van der Waals surface area contributed by atoms with E-state index in [4.69, 9.17) is 0 Å². The number of carbonyl (C=O) groups is 1. The van der Waals surface area contributed by atoms with Gasteiger partial charge in [-0.25, -0.2) is 4.98 Å². The van der Waals surface area contributed by atoms with E-state index in [1.165, 1.54) is 11.3 Å². The summed E-state index contributed by atoms with van der Waals surface area (Å²) in [6, 6.07) is 4.34. The maximum absolute atomic E-state index is 13.5. The molecule has 0 aliphatic carbocycles. The molecule has 0 atom stereocenters. The maximum Gasteiger partial charge on any atom is 0.433 e. The van der Waals surface area contributed by atoms with Crippen molar-refractivity contribution in [1.82, 2.24) is 24.5 Å². The van der Waals surface area contributed by atoms with Gasteiger partial charge < -0.3 is 4.90 Å². The third-order valence-corrected chi connectivity index (χ3v) is 5.10. The highest BCUT2D eigenvalue weighted by Crippen LogP contribution is 2.33. The number of piperidine rings is 1. The Hall–Kier alpha value is -2.49. The Morgan fingerprint density at radius 1 is 1.15 bits per heavy atom. The van der Waals surface area contributed by atoms with Crippen molar-refractivity contribution in [2.75, 3.05) is 13.1 Å². The van der Waals surface area contributed by atoms with Crippen LogP contribution in [0.25, 0.3) is 16.3 Å². The number of nitrogens with zero attached hydrogens (tertiary/aromatic N) is 5. The van der Waals surface area contributed by atoms with E-state index in [9.17, 15) is 18.0 Å². The molecule has 3 aromatic heterocycles. The first kappa shape index (κ1) is 17.0. The molecule has 0 bridgehead atoms. The number of alkyl halides is 3. The van der Waals surface area contributed by atoms with Gasteiger partial charge in [-0.2, -0.15) is 22.7 Å². The molecule has 26 heavy (non-hydrogen) atoms. The Morgan fingerprint density at radius 2 is 1.92 bits per heavy atom. The van der Waals surface area contributed by atoms with Crippen molar-refractivity contribution in [3.63, 3.8) is 0 Å². The van der Waals surface area contributed by atoms with Crippen molar-refractivity contribution in [1.29, 1.82) is 0 Å². The Bertz CT molecular complexity index is 945. The highest BCUT2D eigenvalue weighted by molar-refractivity contribution is 7.13. The molecule has 0 spiro atoms. The number of amides is 1. The molecule has 0 saturated carbocycles. The predicted octanol–water partition coefficient (Wildman–Crippen LogP) is 3.50. The van der Waals surface area contributed by atoms with Crippen molar-refractivity contribution < 1.29 is 18.0 Å². The zero-order chi connectivity index (χ0) is 18.3. The summed E-state index contributed by atoms with van der Waals surface area (Å²) >= 11 is 1.28. The molecular weight excluding hydrogens is 367 g/mol. The topological polar surface area (TPSA) is 63.4 Å². The van der Waals surface area contributed by atoms with Crippen LogP contribution >= 0.6 is 11.3 Å². The van der Waals surface area contributed by atoms with E-state index in [0.717, 1.165) is 25.3 Å². The van der Waals surface area contributed by atoms with Crippen molar-refractivity contribution in [3.05, 3.63) is 35.1 Å². The van der Waals surface area contributed by atoms with Gasteiger partial charge in [-0.1, -0.05) is 6.07 Å². The zero-order valence-electron chi connectivity index (χ0n) is 13.5. The Labute approximate surface area is 150 Å². The fraction of sp³-hybridized carbons (Fsp3) is 0.375. The number of halogens is 3. The molecule has 0 radical (unpaired) electrons. The number of thiophene rings is 1. The number of aromatic nitrogens is 4. The molecule has 0 N–H and O–H groups in total. The van der Waals surface area contributed by atoms with Crippen LogP contribution in [0, 0.1) is 0 Å². The number of hydrogen-bond acceptors (Lipinski definition) is 5. The van der Waals surface area contributed by atoms with E-state index in [2.05, 4.69) is 15.1 Å². The molecule has 3 aromatic rings. The second-order valence-corrected chi connectivity index (χ2v) is 6.95. The fourth-order valence-corrected chi connectivity index (χ4v) is 3.64. The molecule has 0 unspecified atom stereocenters. The van der Waals surface area contributed by atoms with Gasteiger partial charge in [0.1, 0.15) is 0 Å². The quantitative estimate of drug-likeness (QED) is 0.682. The molecular formula is C16H14F3N5OS. The van der Waals surface area contributed by atoms with Crippen molar-refractivity contribution in [2.45, 2.75) is 25.4 Å². The van der Waals surface area contributed by atoms with Gasteiger partial charge in [0.2, 0.25) is 5.82 Å². The molecule has 6 nitrogen and oxygen atoms in total. The monoisotopic (exact) mass is 381 g/mol. The zero-order valence-corrected chi connectivity index (χ0v) is 14.3. The summed E-state index contributed by atoms with van der Waals surface area (Å²) in [6.07, 6.45) is -1.87. The summed E-state index contributed by atoms with van der Waals surface area (Å²) in [5, 5.41) is 5.57. The first-order chi connectivity index (χ1) is 12.4. The number of likely N-dealkylation sites (tertiary alicyclic amines) is 1. The normalized spacial score (nSPS) is 15.6. The largest absolute Gasteiger partial charge is 0.433 e. The lowest BCUT2D eigenvalue weighted by Crippen LogP contribution is -2.36. The first-order valence-electron chi connectivity index (χ1n) is 8.11. The molecule has 4 rings (SSSR count). The minimum Gasteiger partial charge on any atom is -0.336 e. The Morgan fingerprint density at radius 3 is 2.58 bits per heavy atom. The lowest BCUT2D eigenvalue weighted by Gasteiger charge is -2.25. The first-order valence-corrected chi connectivity index (χ1v) is 8.99. The predicted molar refractivity (Wildman–Crippen MR) is 88.9 cm³/mol. The van der Waals surface area contributed by atoms with Crippen LogP contribution in [0.5, 0.6) is 0 Å². The summed E-state index contributed by atoms with van der Waals surface area (Å²) in [7, 11) is 0. The average molecular weight is 381 g/mol. The molecule has 0 aromatic carbocycles. The lowest BCUT2D eigenvalue weighted by atomic mass is 10.1. The number of rotatable bonds is 2. The molecule has 1 fully saturated rings. The van der Waals surface area contributed by atoms with Crippen LogP contribution < -0.4 is 0 Å². The summed E-state index contributed by atoms with van der Waals surface area (Å²) in [4.78, 5) is 22.8. The summed E-state index contributed by atoms with van der Waals surface area (Å²) < 4.78 is 41.1. The summed E-state index contributed by atoms with van der Waals surface area (Å²) in [5.74, 6) is -0.946. The minimum absolute atomic E-state index is 0.157. The number of carbonyl (C=O) groups excluding carboxylic acids is 1. The van der Waals surface area contributed by atoms with Crippen LogP contribution in [0.1, 0.15) is 35.6 Å². The van der Waals surface area contributed by atoms with Crippen LogP contribution in [0.3, 0.4) is 0 Å². The molecule has 10 heteroatoms. The smallest absolute Gasteiger partial charge is 0.336 e. The molecule has 1 aliphatic rings. The van der Waals surface area contributed by atoms with E-state index >= 15 is 0 Å². The number of fused-ring (bicyclic) bond motifs is 1. The van der Waals surface area contributed by atoms with Crippen LogP contribution in [-0.2, 0) is 6.18 Å². The van der Waals surface area contributed by atoms with Gasteiger partial charge in [-0.05, 0) is 36.8 Å². The molecule has 136 valence electrons. The van der Waals surface area contributed by atoms with Gasteiger partial charge in [-0.15, -0.1) is 16.4 Å². The van der Waals surface area contributed by atoms with E-state index in [-0.39, 0.29) is 17.3 Å². The van der Waals surface area contributed by atoms with E-state index in [0.29, 0.717) is 22.5 Å². The second-order valence-electron chi connectivity index (χ2n) is 6.00.